The third kappa shape index (κ3) is 3280. The first-order chi connectivity index (χ1) is 11.0. The van der Waals surface area contributed by atoms with Gasteiger partial charge in [-0.1, -0.05) is 0 Å². The van der Waals surface area contributed by atoms with Crippen LogP contribution in [0.4, 0.5) is 0 Å². The van der Waals surface area contributed by atoms with E-state index in [-0.39, 0.29) is 55.7 Å². The van der Waals surface area contributed by atoms with Gasteiger partial charge >= 0.3 is 79.0 Å². The van der Waals surface area contributed by atoms with Gasteiger partial charge in [0.2, 0.25) is 0 Å². The molecule has 0 spiro atoms. The van der Waals surface area contributed by atoms with Crippen molar-refractivity contribution in [3.05, 3.63) is 0 Å². The van der Waals surface area contributed by atoms with Crippen molar-refractivity contribution in [2.45, 2.75) is 5.60 Å². The quantitative estimate of drug-likeness (QED) is 0.173. The van der Waals surface area contributed by atoms with E-state index in [2.05, 4.69) is 0 Å². The predicted molar refractivity (Wildman–Crippen MR) is 49.7 cm³/mol. The molecule has 30 heavy (non-hydrogen) atoms. The Morgan fingerprint density at radius 1 is 0.333 bits per heavy atom. The number of phosphoric acid groups is 5. The van der Waals surface area contributed by atoms with Gasteiger partial charge in [0.25, 0.3) is 0 Å². The van der Waals surface area contributed by atoms with Crippen LogP contribution in [0.15, 0.2) is 0 Å². The van der Waals surface area contributed by atoms with Crippen LogP contribution in [0.1, 0.15) is 0 Å². The van der Waals surface area contributed by atoms with Crippen molar-refractivity contribution in [2.24, 2.45) is 0 Å². The van der Waals surface area contributed by atoms with Crippen molar-refractivity contribution >= 4 is 56.8 Å². The summed E-state index contributed by atoms with van der Waals surface area (Å²) in [5, 5.41) is 0. The average Bonchev–Trinajstić information content (AvgIpc) is 2.04. The summed E-state index contributed by atoms with van der Waals surface area (Å²) in [6.45, 7) is 0. The molecule has 0 atom stereocenters. The summed E-state index contributed by atoms with van der Waals surface area (Å²) in [6.07, 6.45) is 0. The molecule has 0 aliphatic carbocycles. The fourth-order valence-electron chi connectivity index (χ4n) is 0. The maximum Gasteiger partial charge on any atom is 5.00 e. The second-order valence-electron chi connectivity index (χ2n) is 2.24. The molecule has 20 nitrogen and oxygen atoms in total. The fraction of sp³-hybridized carbons (Fsp3) is 1.00. The topological polar surface area (TPSA) is 431 Å². The standard InChI is InChI=1S/CH3.Li.5H3O4P.3V/c;;5*1-5(2,3)4;;;/h1H3;;5*(H3,1,2,3,4);;;/q;;;;;;;3*+5/p-15. The minimum Gasteiger partial charge on any atom is 5.00 e. The second kappa shape index (κ2) is 28.1. The molecule has 0 aliphatic rings. The maximum atomic E-state index is 8.55. The summed E-state index contributed by atoms with van der Waals surface area (Å²) in [7, 11) is -26.9. The molecule has 0 bridgehead atoms. The van der Waals surface area contributed by atoms with Gasteiger partial charge in [-0.05, 0) is 0 Å². The van der Waals surface area contributed by atoms with Crippen LogP contribution in [0.5, 0.6) is 0 Å². The summed E-state index contributed by atoms with van der Waals surface area (Å²) in [6, 6.07) is 0. The summed E-state index contributed by atoms with van der Waals surface area (Å²) in [5.74, 6) is 0. The molecule has 0 aromatic rings. The summed E-state index contributed by atoms with van der Waals surface area (Å²) in [5.41, 5.74) is 2.00. The van der Waals surface area contributed by atoms with Gasteiger partial charge in [0, 0.05) is 0 Å². The van der Waals surface area contributed by atoms with Crippen LogP contribution < -0.4 is 73.4 Å². The fourth-order valence-corrected chi connectivity index (χ4v) is 0. The molecule has 0 unspecified atom stereocenters. The molecule has 0 aromatic carbocycles. The molecule has 0 aliphatic heterocycles. The average molecular weight is 650 g/mol. The largest absolute Gasteiger partial charge is 5.00 e. The molecule has 0 aromatic heterocycles. The van der Waals surface area contributed by atoms with E-state index in [1.54, 1.807) is 0 Å². The minimum absolute atomic E-state index is 0. The van der Waals surface area contributed by atoms with E-state index in [4.69, 9.17) is 96.2 Å². The first kappa shape index (κ1) is 58.6. The number of hydrogen-bond donors (Lipinski definition) is 0. The van der Waals surface area contributed by atoms with Crippen molar-refractivity contribution in [1.82, 2.24) is 0 Å². The van der Waals surface area contributed by atoms with Crippen LogP contribution in [-0.2, 0) is 78.5 Å². The normalized spacial score (nSPS) is 10.1. The van der Waals surface area contributed by atoms with Crippen LogP contribution in [0.2, 0.25) is 5.60 Å². The maximum absolute atomic E-state index is 8.55. The Morgan fingerprint density at radius 2 is 0.333 bits per heavy atom. The van der Waals surface area contributed by atoms with Crippen LogP contribution >= 0.6 is 39.1 Å². The van der Waals surface area contributed by atoms with Gasteiger partial charge in [-0.3, -0.25) is 0 Å². The van der Waals surface area contributed by atoms with Crippen LogP contribution in [-0.4, -0.2) is 17.7 Å². The molecule has 0 radical (unpaired) electrons. The van der Waals surface area contributed by atoms with E-state index >= 15 is 0 Å². The molecule has 0 fully saturated rings. The van der Waals surface area contributed by atoms with Gasteiger partial charge in [0.15, 0.2) is 0 Å². The molecule has 29 heteroatoms. The van der Waals surface area contributed by atoms with E-state index in [0.29, 0.717) is 0 Å². The molecule has 0 heterocycles. The zero-order valence-electron chi connectivity index (χ0n) is 13.7. The van der Waals surface area contributed by atoms with Crippen molar-refractivity contribution < 1.29 is 152 Å². The molecule has 0 amide bonds. The zero-order chi connectivity index (χ0) is 24.5. The van der Waals surface area contributed by atoms with Gasteiger partial charge in [-0.2, -0.15) is 39.1 Å². The Hall–Kier alpha value is 2.90. The van der Waals surface area contributed by atoms with Crippen molar-refractivity contribution in [1.29, 1.82) is 0 Å². The SMILES string of the molecule is O=P([O-])([O-])[O-].O=P([O-])([O-])[O-].O=P([O-])([O-])[O-].O=P([O-])([O-])[O-].O=P([O-])([O-])[O-].[Li][CH3].[V+5].[V+5].[V+5]. The number of rotatable bonds is 0. The predicted octanol–water partition coefficient (Wildman–Crippen LogP) is -13.9. The first-order valence-electron chi connectivity index (χ1n) is 4.65. The van der Waals surface area contributed by atoms with E-state index in [0.717, 1.165) is 0 Å². The summed E-state index contributed by atoms with van der Waals surface area (Å²) < 4.78 is 42.7. The third-order valence-corrected chi connectivity index (χ3v) is 0. The second-order valence-corrected chi connectivity index (χ2v) is 6.71. The molecular formula is CH3LiO20P5V3. The van der Waals surface area contributed by atoms with Gasteiger partial charge in [-0.25, -0.2) is 0 Å². The molecular weight excluding hydrogens is 647 g/mol. The molecule has 0 rings (SSSR count). The van der Waals surface area contributed by atoms with Crippen LogP contribution in [0.3, 0.4) is 0 Å². The Balaban J connectivity index is -0.0000000251. The van der Waals surface area contributed by atoms with Crippen LogP contribution in [0.25, 0.3) is 0 Å². The van der Waals surface area contributed by atoms with E-state index < -0.39 is 39.1 Å². The Kier molecular flexibility index (Phi) is 55.0. The van der Waals surface area contributed by atoms with Crippen LogP contribution in [0, 0.1) is 0 Å². The Morgan fingerprint density at radius 3 is 0.333 bits per heavy atom. The Labute approximate surface area is 213 Å². The van der Waals surface area contributed by atoms with Crippen molar-refractivity contribution in [3.63, 3.8) is 0 Å². The first-order valence-corrected chi connectivity index (χ1v) is 12.0. The summed E-state index contributed by atoms with van der Waals surface area (Å²) in [4.78, 5) is 128. The van der Waals surface area contributed by atoms with E-state index in [1.165, 1.54) is 0 Å². The van der Waals surface area contributed by atoms with Crippen molar-refractivity contribution in [3.8, 4) is 0 Å². The monoisotopic (exact) mass is 650 g/mol. The van der Waals surface area contributed by atoms with Gasteiger partial charge < -0.3 is 96.2 Å². The molecule has 168 valence electrons. The van der Waals surface area contributed by atoms with Gasteiger partial charge in [0.1, 0.15) is 0 Å². The third-order valence-electron chi connectivity index (χ3n) is 0. The van der Waals surface area contributed by atoms with E-state index in [1.807, 2.05) is 23.3 Å². The van der Waals surface area contributed by atoms with E-state index in [9.17, 15) is 0 Å². The van der Waals surface area contributed by atoms with Gasteiger partial charge in [0.05, 0.1) is 0 Å². The zero-order valence-corrected chi connectivity index (χ0v) is 22.4. The molecule has 0 saturated carbocycles. The van der Waals surface area contributed by atoms with Gasteiger partial charge in [-0.15, -0.1) is 0 Å². The molecule has 0 N–H and O–H groups in total. The summed E-state index contributed by atoms with van der Waals surface area (Å²) >= 11 is 2.00. The molecule has 0 saturated heterocycles. The smallest absolute Gasteiger partial charge is 5.00 e. The number of hydrogen-bond acceptors (Lipinski definition) is 20. The van der Waals surface area contributed by atoms with Crippen molar-refractivity contribution in [2.75, 3.05) is 0 Å². The minimum atomic E-state index is -5.39. The Bertz CT molecular complexity index is 391.